The number of rotatable bonds is 8. The second kappa shape index (κ2) is 9.13. The Morgan fingerprint density at radius 2 is 1.90 bits per heavy atom. The lowest BCUT2D eigenvalue weighted by molar-refractivity contribution is 0.0904. The third-order valence-corrected chi connectivity index (χ3v) is 6.56. The number of carbonyl (C=O) groups excluding carboxylic acids is 1. The molecule has 5 nitrogen and oxygen atoms in total. The molecule has 2 aliphatic heterocycles. The number of carbonyl (C=O) groups is 1. The first kappa shape index (κ1) is 20.8. The highest BCUT2D eigenvalue weighted by atomic mass is 35.5. The third kappa shape index (κ3) is 5.79. The van der Waals surface area contributed by atoms with Gasteiger partial charge < -0.3 is 14.4 Å². The normalized spacial score (nSPS) is 23.7. The van der Waals surface area contributed by atoms with Crippen LogP contribution in [0, 0.1) is 11.8 Å². The molecule has 0 N–H and O–H groups in total. The van der Waals surface area contributed by atoms with Crippen molar-refractivity contribution in [2.24, 2.45) is 11.8 Å². The van der Waals surface area contributed by atoms with E-state index in [1.807, 2.05) is 30.9 Å². The molecule has 1 saturated carbocycles. The highest BCUT2D eigenvalue weighted by Gasteiger charge is 2.36. The Morgan fingerprint density at radius 1 is 1.14 bits per heavy atom. The topological polar surface area (TPSA) is 42.0 Å². The number of benzene rings is 1. The Kier molecular flexibility index (Phi) is 6.55. The smallest absolute Gasteiger partial charge is 0.410 e. The van der Waals surface area contributed by atoms with Gasteiger partial charge in [-0.05, 0) is 94.6 Å². The van der Waals surface area contributed by atoms with Crippen LogP contribution >= 0.6 is 11.6 Å². The molecule has 2 heterocycles. The number of nitrogens with zero attached hydrogens (tertiary/aromatic N) is 2. The molecule has 1 aromatic carbocycles. The first-order valence-corrected chi connectivity index (χ1v) is 11.5. The van der Waals surface area contributed by atoms with Crippen LogP contribution in [0.15, 0.2) is 18.2 Å². The zero-order valence-corrected chi connectivity index (χ0v) is 18.4. The number of hydrogen-bond donors (Lipinski definition) is 0. The van der Waals surface area contributed by atoms with E-state index in [1.165, 1.54) is 18.4 Å². The maximum Gasteiger partial charge on any atom is 0.410 e. The van der Waals surface area contributed by atoms with Crippen molar-refractivity contribution < 1.29 is 14.3 Å². The van der Waals surface area contributed by atoms with Gasteiger partial charge in [0.05, 0.1) is 12.6 Å². The number of hydrogen-bond acceptors (Lipinski definition) is 4. The van der Waals surface area contributed by atoms with Crippen LogP contribution in [0.2, 0.25) is 5.02 Å². The van der Waals surface area contributed by atoms with Crippen LogP contribution in [0.1, 0.15) is 45.1 Å². The molecule has 160 valence electrons. The summed E-state index contributed by atoms with van der Waals surface area (Å²) >= 11 is 6.44. The van der Waals surface area contributed by atoms with Gasteiger partial charge in [-0.15, -0.1) is 0 Å². The molecule has 6 heteroatoms. The Bertz CT molecular complexity index is 714. The lowest BCUT2D eigenvalue weighted by Gasteiger charge is -2.33. The van der Waals surface area contributed by atoms with Gasteiger partial charge in [-0.2, -0.15) is 0 Å². The van der Waals surface area contributed by atoms with Crippen LogP contribution in [0.25, 0.3) is 0 Å². The molecule has 1 aromatic rings. The molecule has 1 amide bonds. The minimum Gasteiger partial charge on any atom is -0.491 e. The standard InChI is InChI=1S/C23H33ClN2O3/c1-16(2)28-20-5-6-22(24)19(12-20)11-17-7-9-25(10-8-17)14-21-15-26(23(27)29-21)13-18-3-4-18/h5-6,12,16-18,21H,3-4,7-11,13-15H2,1-2H3. The van der Waals surface area contributed by atoms with E-state index in [9.17, 15) is 4.79 Å². The Hall–Kier alpha value is -1.46. The summed E-state index contributed by atoms with van der Waals surface area (Å²) in [7, 11) is 0. The molecule has 0 radical (unpaired) electrons. The fourth-order valence-corrected chi connectivity index (χ4v) is 4.65. The summed E-state index contributed by atoms with van der Waals surface area (Å²) in [5, 5.41) is 0.831. The largest absolute Gasteiger partial charge is 0.491 e. The number of piperidine rings is 1. The highest BCUT2D eigenvalue weighted by molar-refractivity contribution is 6.31. The summed E-state index contributed by atoms with van der Waals surface area (Å²) in [6.45, 7) is 8.69. The average Bonchev–Trinajstić information content (AvgIpc) is 3.42. The van der Waals surface area contributed by atoms with Crippen LogP contribution < -0.4 is 4.74 Å². The number of ether oxygens (including phenoxy) is 2. The minimum absolute atomic E-state index is 0.0251. The minimum atomic E-state index is -0.116. The first-order chi connectivity index (χ1) is 14.0. The van der Waals surface area contributed by atoms with Crippen LogP contribution in [-0.4, -0.2) is 60.8 Å². The summed E-state index contributed by atoms with van der Waals surface area (Å²) in [4.78, 5) is 16.4. The maximum atomic E-state index is 12.0. The van der Waals surface area contributed by atoms with Gasteiger partial charge >= 0.3 is 6.09 Å². The van der Waals surface area contributed by atoms with Crippen molar-refractivity contribution >= 4 is 17.7 Å². The van der Waals surface area contributed by atoms with Gasteiger partial charge in [0.1, 0.15) is 11.9 Å². The summed E-state index contributed by atoms with van der Waals surface area (Å²) in [6, 6.07) is 6.00. The van der Waals surface area contributed by atoms with Gasteiger partial charge in [-0.1, -0.05) is 11.6 Å². The Balaban J connectivity index is 1.23. The molecule has 1 atom stereocenters. The van der Waals surface area contributed by atoms with Crippen LogP contribution in [0.3, 0.4) is 0 Å². The zero-order chi connectivity index (χ0) is 20.4. The van der Waals surface area contributed by atoms with Gasteiger partial charge in [0.25, 0.3) is 0 Å². The van der Waals surface area contributed by atoms with Crippen molar-refractivity contribution in [1.82, 2.24) is 9.80 Å². The molecule has 4 rings (SSSR count). The quantitative estimate of drug-likeness (QED) is 0.615. The molecular formula is C23H33ClN2O3. The molecule has 3 fully saturated rings. The molecule has 1 unspecified atom stereocenters. The summed E-state index contributed by atoms with van der Waals surface area (Å²) < 4.78 is 11.4. The number of cyclic esters (lactones) is 1. The van der Waals surface area contributed by atoms with Gasteiger partial charge in [0, 0.05) is 18.1 Å². The fourth-order valence-electron chi connectivity index (χ4n) is 4.46. The number of halogens is 1. The monoisotopic (exact) mass is 420 g/mol. The molecule has 0 bridgehead atoms. The second-order valence-electron chi connectivity index (χ2n) is 9.22. The summed E-state index contributed by atoms with van der Waals surface area (Å²) in [6.07, 6.45) is 5.90. The van der Waals surface area contributed by atoms with E-state index >= 15 is 0 Å². The first-order valence-electron chi connectivity index (χ1n) is 11.1. The average molecular weight is 421 g/mol. The van der Waals surface area contributed by atoms with Crippen LogP contribution in [0.4, 0.5) is 4.79 Å². The van der Waals surface area contributed by atoms with Crippen molar-refractivity contribution in [1.29, 1.82) is 0 Å². The Morgan fingerprint density at radius 3 is 2.59 bits per heavy atom. The van der Waals surface area contributed by atoms with E-state index in [2.05, 4.69) is 11.0 Å². The zero-order valence-electron chi connectivity index (χ0n) is 17.6. The molecule has 1 aliphatic carbocycles. The highest BCUT2D eigenvalue weighted by Crippen LogP contribution is 2.32. The fraction of sp³-hybridized carbons (Fsp3) is 0.696. The van der Waals surface area contributed by atoms with Gasteiger partial charge in [-0.3, -0.25) is 4.90 Å². The third-order valence-electron chi connectivity index (χ3n) is 6.19. The second-order valence-corrected chi connectivity index (χ2v) is 9.63. The van der Waals surface area contributed by atoms with Gasteiger partial charge in [0.2, 0.25) is 0 Å². The number of likely N-dealkylation sites (tertiary alicyclic amines) is 1. The SMILES string of the molecule is CC(C)Oc1ccc(Cl)c(CC2CCN(CC3CN(CC4CC4)C(=O)O3)CC2)c1. The molecular weight excluding hydrogens is 388 g/mol. The Labute approximate surface area is 179 Å². The van der Waals surface area contributed by atoms with Crippen LogP contribution in [-0.2, 0) is 11.2 Å². The lowest BCUT2D eigenvalue weighted by atomic mass is 9.90. The summed E-state index contributed by atoms with van der Waals surface area (Å²) in [5.74, 6) is 2.25. The van der Waals surface area contributed by atoms with Crippen molar-refractivity contribution in [2.75, 3.05) is 32.7 Å². The van der Waals surface area contributed by atoms with Crippen molar-refractivity contribution in [2.45, 2.75) is 58.2 Å². The maximum absolute atomic E-state index is 12.0. The van der Waals surface area contributed by atoms with Gasteiger partial charge in [0.15, 0.2) is 0 Å². The molecule has 29 heavy (non-hydrogen) atoms. The molecule has 0 spiro atoms. The van der Waals surface area contributed by atoms with Gasteiger partial charge in [-0.25, -0.2) is 4.79 Å². The summed E-state index contributed by atoms with van der Waals surface area (Å²) in [5.41, 5.74) is 1.18. The van der Waals surface area contributed by atoms with E-state index in [-0.39, 0.29) is 18.3 Å². The van der Waals surface area contributed by atoms with E-state index in [4.69, 9.17) is 21.1 Å². The van der Waals surface area contributed by atoms with Crippen molar-refractivity contribution in [3.05, 3.63) is 28.8 Å². The predicted octanol–water partition coefficient (Wildman–Crippen LogP) is 4.61. The van der Waals surface area contributed by atoms with E-state index in [0.717, 1.165) is 62.8 Å². The molecule has 2 saturated heterocycles. The molecule has 0 aromatic heterocycles. The predicted molar refractivity (Wildman–Crippen MR) is 115 cm³/mol. The lowest BCUT2D eigenvalue weighted by Crippen LogP contribution is -2.40. The van der Waals surface area contributed by atoms with E-state index < -0.39 is 0 Å². The van der Waals surface area contributed by atoms with Crippen molar-refractivity contribution in [3.63, 3.8) is 0 Å². The molecule has 3 aliphatic rings. The van der Waals surface area contributed by atoms with Crippen LogP contribution in [0.5, 0.6) is 5.75 Å². The van der Waals surface area contributed by atoms with E-state index in [1.54, 1.807) is 0 Å². The number of amides is 1. The van der Waals surface area contributed by atoms with Crippen molar-refractivity contribution in [3.8, 4) is 5.75 Å². The van der Waals surface area contributed by atoms with E-state index in [0.29, 0.717) is 11.8 Å².